The Hall–Kier alpha value is -0.990. The Morgan fingerprint density at radius 3 is 2.44 bits per heavy atom. The van der Waals surface area contributed by atoms with Gasteiger partial charge < -0.3 is 5.73 Å². The third kappa shape index (κ3) is 2.08. The molecule has 16 heavy (non-hydrogen) atoms. The molecule has 0 unspecified atom stereocenters. The Morgan fingerprint density at radius 1 is 1.31 bits per heavy atom. The van der Waals surface area contributed by atoms with Gasteiger partial charge in [0.05, 0.1) is 11.1 Å². The topological polar surface area (TPSA) is 49.8 Å². The third-order valence-corrected chi connectivity index (χ3v) is 4.24. The van der Waals surface area contributed by atoms with Crippen molar-refractivity contribution in [1.82, 2.24) is 0 Å². The van der Waals surface area contributed by atoms with Crippen LogP contribution in [0.2, 0.25) is 0 Å². The molecule has 0 radical (unpaired) electrons. The molecule has 1 fully saturated rings. The van der Waals surface area contributed by atoms with Crippen molar-refractivity contribution in [2.75, 3.05) is 0 Å². The summed E-state index contributed by atoms with van der Waals surface area (Å²) in [5.74, 6) is -2.57. The molecule has 2 N–H and O–H groups in total. The molecule has 1 aromatic rings. The molecular weight excluding hydrogens is 230 g/mol. The van der Waals surface area contributed by atoms with Gasteiger partial charge in [0.2, 0.25) is 5.92 Å². The van der Waals surface area contributed by atoms with Crippen LogP contribution in [0.4, 0.5) is 8.78 Å². The van der Waals surface area contributed by atoms with Crippen LogP contribution in [0.5, 0.6) is 0 Å². The Labute approximate surface area is 96.7 Å². The second-order valence-electron chi connectivity index (χ2n) is 4.32. The molecule has 1 aliphatic carbocycles. The molecule has 0 bridgehead atoms. The number of nitrogens with zero attached hydrogens (tertiary/aromatic N) is 1. The van der Waals surface area contributed by atoms with E-state index in [1.807, 2.05) is 6.07 Å². The molecule has 1 heterocycles. The minimum absolute atomic E-state index is 0.163. The van der Waals surface area contributed by atoms with Crippen LogP contribution in [0.25, 0.3) is 0 Å². The van der Waals surface area contributed by atoms with E-state index in [0.717, 1.165) is 4.88 Å². The Bertz CT molecular complexity index is 423. The van der Waals surface area contributed by atoms with Gasteiger partial charge in [-0.15, -0.1) is 11.3 Å². The zero-order chi connectivity index (χ0) is 11.8. The maximum atomic E-state index is 13.0. The van der Waals surface area contributed by atoms with Crippen molar-refractivity contribution in [3.8, 4) is 6.07 Å². The molecule has 1 saturated carbocycles. The van der Waals surface area contributed by atoms with Gasteiger partial charge in [0.25, 0.3) is 0 Å². The fourth-order valence-corrected chi connectivity index (χ4v) is 2.97. The van der Waals surface area contributed by atoms with E-state index in [4.69, 9.17) is 11.0 Å². The number of nitriles is 1. The van der Waals surface area contributed by atoms with Gasteiger partial charge in [0.15, 0.2) is 0 Å². The van der Waals surface area contributed by atoms with Crippen molar-refractivity contribution < 1.29 is 8.78 Å². The van der Waals surface area contributed by atoms with Crippen molar-refractivity contribution in [3.63, 3.8) is 0 Å². The van der Waals surface area contributed by atoms with Gasteiger partial charge in [-0.25, -0.2) is 8.78 Å². The second kappa shape index (κ2) is 3.79. The molecular formula is C11H12F2N2S. The van der Waals surface area contributed by atoms with E-state index in [9.17, 15) is 8.78 Å². The van der Waals surface area contributed by atoms with Crippen molar-refractivity contribution in [2.24, 2.45) is 5.73 Å². The number of thiophene rings is 1. The smallest absolute Gasteiger partial charge is 0.248 e. The molecule has 0 aromatic carbocycles. The van der Waals surface area contributed by atoms with Gasteiger partial charge in [0.1, 0.15) is 6.07 Å². The zero-order valence-electron chi connectivity index (χ0n) is 8.67. The second-order valence-corrected chi connectivity index (χ2v) is 5.23. The lowest BCUT2D eigenvalue weighted by Gasteiger charge is -2.36. The average Bonchev–Trinajstić information content (AvgIpc) is 2.72. The number of alkyl halides is 2. The van der Waals surface area contributed by atoms with E-state index in [1.54, 1.807) is 11.4 Å². The SMILES string of the molecule is N#Cc1csc(C2(N)CCC(F)(F)CC2)c1. The highest BCUT2D eigenvalue weighted by Gasteiger charge is 2.42. The monoisotopic (exact) mass is 242 g/mol. The first kappa shape index (κ1) is 11.5. The maximum Gasteiger partial charge on any atom is 0.248 e. The maximum absolute atomic E-state index is 13.0. The first-order valence-corrected chi connectivity index (χ1v) is 5.99. The van der Waals surface area contributed by atoms with Crippen LogP contribution in [0, 0.1) is 11.3 Å². The van der Waals surface area contributed by atoms with Crippen LogP contribution < -0.4 is 5.73 Å². The molecule has 86 valence electrons. The normalized spacial score (nSPS) is 22.6. The van der Waals surface area contributed by atoms with Gasteiger partial charge in [-0.05, 0) is 18.9 Å². The standard InChI is InChI=1S/C11H12F2N2S/c12-11(13)3-1-10(15,2-4-11)9-5-8(6-14)7-16-9/h5,7H,1-4,15H2. The summed E-state index contributed by atoms with van der Waals surface area (Å²) < 4.78 is 26.1. The minimum atomic E-state index is -2.57. The molecule has 2 nitrogen and oxygen atoms in total. The Balaban J connectivity index is 2.18. The predicted octanol–water partition coefficient (Wildman–Crippen LogP) is 2.98. The summed E-state index contributed by atoms with van der Waals surface area (Å²) in [4.78, 5) is 0.847. The van der Waals surface area contributed by atoms with Crippen LogP contribution in [0.1, 0.15) is 36.1 Å². The van der Waals surface area contributed by atoms with Crippen LogP contribution in [0.3, 0.4) is 0 Å². The molecule has 1 aliphatic rings. The van der Waals surface area contributed by atoms with Crippen LogP contribution in [-0.4, -0.2) is 5.92 Å². The summed E-state index contributed by atoms with van der Waals surface area (Å²) in [7, 11) is 0. The van der Waals surface area contributed by atoms with Crippen molar-refractivity contribution in [2.45, 2.75) is 37.1 Å². The molecule has 2 rings (SSSR count). The highest BCUT2D eigenvalue weighted by molar-refractivity contribution is 7.10. The minimum Gasteiger partial charge on any atom is -0.321 e. The lowest BCUT2D eigenvalue weighted by Crippen LogP contribution is -2.42. The molecule has 0 atom stereocenters. The van der Waals surface area contributed by atoms with Crippen LogP contribution in [0.15, 0.2) is 11.4 Å². The summed E-state index contributed by atoms with van der Waals surface area (Å²) in [5, 5.41) is 10.4. The van der Waals surface area contributed by atoms with Crippen molar-refractivity contribution in [1.29, 1.82) is 5.26 Å². The molecule has 0 aliphatic heterocycles. The quantitative estimate of drug-likeness (QED) is 0.823. The lowest BCUT2D eigenvalue weighted by atomic mass is 9.79. The van der Waals surface area contributed by atoms with Gasteiger partial charge >= 0.3 is 0 Å². The Kier molecular flexibility index (Phi) is 2.72. The highest BCUT2D eigenvalue weighted by Crippen LogP contribution is 2.43. The molecule has 1 aromatic heterocycles. The van der Waals surface area contributed by atoms with E-state index in [-0.39, 0.29) is 25.7 Å². The van der Waals surface area contributed by atoms with Gasteiger partial charge in [-0.2, -0.15) is 5.26 Å². The number of hydrogen-bond acceptors (Lipinski definition) is 3. The Morgan fingerprint density at radius 2 is 1.94 bits per heavy atom. The number of nitrogens with two attached hydrogens (primary N) is 1. The number of rotatable bonds is 1. The molecule has 5 heteroatoms. The molecule has 0 saturated heterocycles. The predicted molar refractivity (Wildman–Crippen MR) is 58.3 cm³/mol. The third-order valence-electron chi connectivity index (χ3n) is 3.09. The van der Waals surface area contributed by atoms with Gasteiger partial charge in [0, 0.05) is 23.1 Å². The fourth-order valence-electron chi connectivity index (χ4n) is 1.96. The molecule has 0 spiro atoms. The van der Waals surface area contributed by atoms with E-state index in [0.29, 0.717) is 5.56 Å². The summed E-state index contributed by atoms with van der Waals surface area (Å²) in [6.45, 7) is 0. The van der Waals surface area contributed by atoms with E-state index >= 15 is 0 Å². The average molecular weight is 242 g/mol. The number of hydrogen-bond donors (Lipinski definition) is 1. The van der Waals surface area contributed by atoms with Crippen LogP contribution in [-0.2, 0) is 5.54 Å². The summed E-state index contributed by atoms with van der Waals surface area (Å²) in [6, 6.07) is 3.74. The first-order valence-electron chi connectivity index (χ1n) is 5.11. The largest absolute Gasteiger partial charge is 0.321 e. The van der Waals surface area contributed by atoms with E-state index < -0.39 is 11.5 Å². The van der Waals surface area contributed by atoms with Gasteiger partial charge in [-0.3, -0.25) is 0 Å². The first-order chi connectivity index (χ1) is 7.45. The lowest BCUT2D eigenvalue weighted by molar-refractivity contribution is -0.0509. The molecule has 0 amide bonds. The van der Waals surface area contributed by atoms with E-state index in [2.05, 4.69) is 0 Å². The summed E-state index contributed by atoms with van der Waals surface area (Å²) in [6.07, 6.45) is 0.239. The van der Waals surface area contributed by atoms with Crippen molar-refractivity contribution in [3.05, 3.63) is 21.9 Å². The zero-order valence-corrected chi connectivity index (χ0v) is 9.49. The highest BCUT2D eigenvalue weighted by atomic mass is 32.1. The van der Waals surface area contributed by atoms with Crippen molar-refractivity contribution >= 4 is 11.3 Å². The van der Waals surface area contributed by atoms with E-state index in [1.165, 1.54) is 11.3 Å². The fraction of sp³-hybridized carbons (Fsp3) is 0.545. The summed E-state index contributed by atoms with van der Waals surface area (Å²) >= 11 is 1.39. The van der Waals surface area contributed by atoms with Gasteiger partial charge in [-0.1, -0.05) is 0 Å². The summed E-state index contributed by atoms with van der Waals surface area (Å²) in [5.41, 5.74) is 6.03. The van der Waals surface area contributed by atoms with Crippen LogP contribution >= 0.6 is 11.3 Å². The number of halogens is 2.